The molecule has 1 heterocycles. The maximum absolute atomic E-state index is 12.9. The van der Waals surface area contributed by atoms with Crippen LogP contribution in [-0.4, -0.2) is 38.8 Å². The van der Waals surface area contributed by atoms with Crippen molar-refractivity contribution in [1.29, 1.82) is 0 Å². The number of anilines is 1. The number of ether oxygens (including phenoxy) is 1. The van der Waals surface area contributed by atoms with Crippen molar-refractivity contribution in [3.05, 3.63) is 53.6 Å². The predicted octanol–water partition coefficient (Wildman–Crippen LogP) is 4.14. The Morgan fingerprint density at radius 1 is 1.07 bits per heavy atom. The molecule has 2 aromatic rings. The average molecular weight is 442 g/mol. The van der Waals surface area contributed by atoms with Crippen molar-refractivity contribution >= 4 is 21.6 Å². The molecule has 10 heteroatoms. The Labute approximate surface area is 172 Å². The van der Waals surface area contributed by atoms with Gasteiger partial charge in [0.2, 0.25) is 10.0 Å². The fourth-order valence-corrected chi connectivity index (χ4v) is 4.77. The van der Waals surface area contributed by atoms with Crippen molar-refractivity contribution in [2.75, 3.05) is 25.5 Å². The third kappa shape index (κ3) is 4.76. The van der Waals surface area contributed by atoms with E-state index in [2.05, 4.69) is 5.32 Å². The first-order chi connectivity index (χ1) is 14.1. The third-order valence-electron chi connectivity index (χ3n) is 4.82. The molecule has 2 aromatic carbocycles. The lowest BCUT2D eigenvalue weighted by molar-refractivity contribution is -0.137. The van der Waals surface area contributed by atoms with E-state index in [1.54, 1.807) is 0 Å². The highest BCUT2D eigenvalue weighted by Crippen LogP contribution is 2.32. The summed E-state index contributed by atoms with van der Waals surface area (Å²) in [4.78, 5) is 12.5. The predicted molar refractivity (Wildman–Crippen MR) is 105 cm³/mol. The highest BCUT2D eigenvalue weighted by Gasteiger charge is 2.31. The van der Waals surface area contributed by atoms with Crippen molar-refractivity contribution < 1.29 is 31.1 Å². The number of amides is 1. The lowest BCUT2D eigenvalue weighted by Gasteiger charge is -2.26. The maximum Gasteiger partial charge on any atom is 0.416 e. The number of alkyl halides is 3. The molecule has 0 atom stereocenters. The zero-order chi connectivity index (χ0) is 21.9. The third-order valence-corrected chi connectivity index (χ3v) is 6.72. The molecule has 6 nitrogen and oxygen atoms in total. The van der Waals surface area contributed by atoms with Gasteiger partial charge in [0.15, 0.2) is 0 Å². The van der Waals surface area contributed by atoms with Gasteiger partial charge in [0.1, 0.15) is 5.75 Å². The first-order valence-corrected chi connectivity index (χ1v) is 10.7. The monoisotopic (exact) mass is 442 g/mol. The molecule has 0 aromatic heterocycles. The van der Waals surface area contributed by atoms with Crippen LogP contribution in [0.5, 0.6) is 5.75 Å². The van der Waals surface area contributed by atoms with E-state index in [0.29, 0.717) is 13.1 Å². The van der Waals surface area contributed by atoms with E-state index in [0.717, 1.165) is 37.5 Å². The number of hydrogen-bond donors (Lipinski definition) is 1. The van der Waals surface area contributed by atoms with Gasteiger partial charge in [-0.25, -0.2) is 8.42 Å². The van der Waals surface area contributed by atoms with E-state index in [-0.39, 0.29) is 21.9 Å². The van der Waals surface area contributed by atoms with Gasteiger partial charge >= 0.3 is 6.18 Å². The molecule has 1 aliphatic rings. The molecule has 0 aliphatic carbocycles. The van der Waals surface area contributed by atoms with Crippen LogP contribution >= 0.6 is 0 Å². The number of sulfonamides is 1. The number of carbonyl (C=O) groups excluding carboxylic acids is 1. The molecule has 0 bridgehead atoms. The second-order valence-corrected chi connectivity index (χ2v) is 8.80. The number of carbonyl (C=O) groups is 1. The molecule has 1 amide bonds. The number of nitrogens with zero attached hydrogens (tertiary/aromatic N) is 1. The molecule has 162 valence electrons. The Hall–Kier alpha value is -2.59. The topological polar surface area (TPSA) is 75.7 Å². The SMILES string of the molecule is COc1ccc(S(=O)(=O)N2CCCCC2)cc1NC(=O)c1cccc(C(F)(F)F)c1. The number of piperidine rings is 1. The van der Waals surface area contributed by atoms with Gasteiger partial charge in [-0.15, -0.1) is 0 Å². The van der Waals surface area contributed by atoms with Crippen LogP contribution in [0, 0.1) is 0 Å². The normalized spacial score (nSPS) is 15.6. The summed E-state index contributed by atoms with van der Waals surface area (Å²) in [5.41, 5.74) is -1.11. The summed E-state index contributed by atoms with van der Waals surface area (Å²) in [6.45, 7) is 0.834. The number of methoxy groups -OCH3 is 1. The van der Waals surface area contributed by atoms with Gasteiger partial charge < -0.3 is 10.1 Å². The van der Waals surface area contributed by atoms with E-state index in [9.17, 15) is 26.4 Å². The van der Waals surface area contributed by atoms with Gasteiger partial charge in [-0.3, -0.25) is 4.79 Å². The minimum Gasteiger partial charge on any atom is -0.495 e. The zero-order valence-corrected chi connectivity index (χ0v) is 17.0. The Kier molecular flexibility index (Phi) is 6.37. The minimum absolute atomic E-state index is 0.0236. The summed E-state index contributed by atoms with van der Waals surface area (Å²) in [6, 6.07) is 8.01. The van der Waals surface area contributed by atoms with E-state index in [4.69, 9.17) is 4.74 Å². The number of rotatable bonds is 5. The van der Waals surface area contributed by atoms with Crippen LogP contribution in [0.1, 0.15) is 35.2 Å². The fourth-order valence-electron chi connectivity index (χ4n) is 3.23. The summed E-state index contributed by atoms with van der Waals surface area (Å²) in [5, 5.41) is 2.46. The summed E-state index contributed by atoms with van der Waals surface area (Å²) in [5.74, 6) is -0.625. The molecule has 0 saturated carbocycles. The summed E-state index contributed by atoms with van der Waals surface area (Å²) < 4.78 is 71.1. The van der Waals surface area contributed by atoms with Crippen LogP contribution in [0.2, 0.25) is 0 Å². The number of benzene rings is 2. The molecule has 30 heavy (non-hydrogen) atoms. The zero-order valence-electron chi connectivity index (χ0n) is 16.2. The first kappa shape index (κ1) is 22.1. The van der Waals surface area contributed by atoms with Gasteiger partial charge in [-0.05, 0) is 49.2 Å². The Bertz CT molecular complexity index is 1030. The smallest absolute Gasteiger partial charge is 0.416 e. The second-order valence-electron chi connectivity index (χ2n) is 6.86. The second kappa shape index (κ2) is 8.65. The minimum atomic E-state index is -4.59. The largest absolute Gasteiger partial charge is 0.495 e. The first-order valence-electron chi connectivity index (χ1n) is 9.30. The molecule has 1 saturated heterocycles. The van der Waals surface area contributed by atoms with Crippen molar-refractivity contribution in [3.63, 3.8) is 0 Å². The van der Waals surface area contributed by atoms with Crippen LogP contribution in [0.15, 0.2) is 47.4 Å². The quantitative estimate of drug-likeness (QED) is 0.755. The Balaban J connectivity index is 1.90. The number of nitrogens with one attached hydrogen (secondary N) is 1. The molecule has 0 spiro atoms. The van der Waals surface area contributed by atoms with Gasteiger partial charge in [0.25, 0.3) is 5.91 Å². The highest BCUT2D eigenvalue weighted by molar-refractivity contribution is 7.89. The lowest BCUT2D eigenvalue weighted by atomic mass is 10.1. The van der Waals surface area contributed by atoms with Crippen molar-refractivity contribution in [3.8, 4) is 5.75 Å². The molecule has 1 N–H and O–H groups in total. The summed E-state index contributed by atoms with van der Waals surface area (Å²) >= 11 is 0. The van der Waals surface area contributed by atoms with Gasteiger partial charge in [0.05, 0.1) is 23.3 Å². The average Bonchev–Trinajstić information content (AvgIpc) is 2.73. The van der Waals surface area contributed by atoms with Crippen LogP contribution in [0.4, 0.5) is 18.9 Å². The van der Waals surface area contributed by atoms with E-state index in [1.165, 1.54) is 35.7 Å². The molecule has 0 unspecified atom stereocenters. The fraction of sp³-hybridized carbons (Fsp3) is 0.350. The van der Waals surface area contributed by atoms with Gasteiger partial charge in [-0.2, -0.15) is 17.5 Å². The molecule has 0 radical (unpaired) electrons. The highest BCUT2D eigenvalue weighted by atomic mass is 32.2. The lowest BCUT2D eigenvalue weighted by Crippen LogP contribution is -2.35. The maximum atomic E-state index is 12.9. The number of hydrogen-bond acceptors (Lipinski definition) is 4. The molecule has 3 rings (SSSR count). The Morgan fingerprint density at radius 3 is 2.40 bits per heavy atom. The number of halogens is 3. The van der Waals surface area contributed by atoms with Crippen molar-refractivity contribution in [1.82, 2.24) is 4.31 Å². The standard InChI is InChI=1S/C20H21F3N2O4S/c1-29-18-9-8-16(30(27,28)25-10-3-2-4-11-25)13-17(18)24-19(26)14-6-5-7-15(12-14)20(21,22)23/h5-9,12-13H,2-4,10-11H2,1H3,(H,24,26). The summed E-state index contributed by atoms with van der Waals surface area (Å²) in [6.07, 6.45) is -2.08. The molecule has 1 fully saturated rings. The van der Waals surface area contributed by atoms with Crippen molar-refractivity contribution in [2.45, 2.75) is 30.3 Å². The van der Waals surface area contributed by atoms with E-state index >= 15 is 0 Å². The van der Waals surface area contributed by atoms with Gasteiger partial charge in [-0.1, -0.05) is 12.5 Å². The molecular weight excluding hydrogens is 421 g/mol. The van der Waals surface area contributed by atoms with Crippen LogP contribution < -0.4 is 10.1 Å². The Morgan fingerprint density at radius 2 is 1.77 bits per heavy atom. The summed E-state index contributed by atoms with van der Waals surface area (Å²) in [7, 11) is -2.42. The van der Waals surface area contributed by atoms with Crippen LogP contribution in [0.25, 0.3) is 0 Å². The molecular formula is C20H21F3N2O4S. The van der Waals surface area contributed by atoms with Gasteiger partial charge in [0, 0.05) is 18.7 Å². The van der Waals surface area contributed by atoms with Crippen LogP contribution in [0.3, 0.4) is 0 Å². The van der Waals surface area contributed by atoms with E-state index in [1.807, 2.05) is 0 Å². The van der Waals surface area contributed by atoms with E-state index < -0.39 is 27.7 Å². The van der Waals surface area contributed by atoms with Crippen LogP contribution in [-0.2, 0) is 16.2 Å². The van der Waals surface area contributed by atoms with Crippen molar-refractivity contribution in [2.24, 2.45) is 0 Å². The molecule has 1 aliphatic heterocycles.